The Kier molecular flexibility index (Phi) is 5.51. The molecule has 21 heavy (non-hydrogen) atoms. The molecule has 1 aromatic rings. The van der Waals surface area contributed by atoms with Gasteiger partial charge in [-0.15, -0.1) is 11.8 Å². The number of hydrogen-bond acceptors (Lipinski definition) is 4. The molecule has 1 aromatic carbocycles. The lowest BCUT2D eigenvalue weighted by Gasteiger charge is -2.31. The summed E-state index contributed by atoms with van der Waals surface area (Å²) in [4.78, 5) is 14.5. The lowest BCUT2D eigenvalue weighted by Crippen LogP contribution is -2.40. The van der Waals surface area contributed by atoms with Gasteiger partial charge in [0.15, 0.2) is 0 Å². The van der Waals surface area contributed by atoms with Crippen LogP contribution in [-0.4, -0.2) is 24.2 Å². The topological polar surface area (TPSA) is 70.1 Å². The number of benzene rings is 1. The fourth-order valence-corrected chi connectivity index (χ4v) is 3.72. The number of nitriles is 1. The third-order valence-electron chi connectivity index (χ3n) is 3.82. The highest BCUT2D eigenvalue weighted by Gasteiger charge is 2.26. The van der Waals surface area contributed by atoms with Crippen LogP contribution in [0.3, 0.4) is 0 Å². The van der Waals surface area contributed by atoms with Crippen molar-refractivity contribution >= 4 is 23.4 Å². The molecule has 2 rings (SSSR count). The highest BCUT2D eigenvalue weighted by molar-refractivity contribution is 7.99. The Hall–Kier alpha value is -1.67. The van der Waals surface area contributed by atoms with Crippen LogP contribution in [0.2, 0.25) is 0 Å². The number of amides is 1. The molecule has 0 saturated heterocycles. The van der Waals surface area contributed by atoms with E-state index in [1.54, 1.807) is 11.8 Å². The van der Waals surface area contributed by atoms with Crippen molar-refractivity contribution in [3.05, 3.63) is 23.8 Å². The Morgan fingerprint density at radius 2 is 2.19 bits per heavy atom. The maximum atomic E-state index is 11.4. The Morgan fingerprint density at radius 1 is 1.48 bits per heavy atom. The molecule has 1 fully saturated rings. The molecule has 0 heterocycles. The fraction of sp³-hybridized carbons (Fsp3) is 0.500. The summed E-state index contributed by atoms with van der Waals surface area (Å²) in [5.41, 5.74) is 6.93. The zero-order valence-corrected chi connectivity index (χ0v) is 13.2. The predicted octanol–water partition coefficient (Wildman–Crippen LogP) is 2.90. The fourth-order valence-electron chi connectivity index (χ4n) is 2.94. The maximum absolute atomic E-state index is 11.4. The Bertz CT molecular complexity index is 547. The second-order valence-corrected chi connectivity index (χ2v) is 6.53. The third kappa shape index (κ3) is 3.70. The van der Waals surface area contributed by atoms with Crippen LogP contribution in [0.25, 0.3) is 0 Å². The summed E-state index contributed by atoms with van der Waals surface area (Å²) in [6, 6.07) is 8.47. The zero-order valence-electron chi connectivity index (χ0n) is 12.3. The van der Waals surface area contributed by atoms with E-state index in [0.717, 1.165) is 29.2 Å². The first kappa shape index (κ1) is 15.7. The largest absolute Gasteiger partial charge is 0.368 e. The van der Waals surface area contributed by atoms with E-state index in [2.05, 4.69) is 13.0 Å². The second kappa shape index (κ2) is 7.37. The number of rotatable bonds is 6. The van der Waals surface area contributed by atoms with Crippen LogP contribution in [0.5, 0.6) is 0 Å². The minimum absolute atomic E-state index is 0.180. The molecular formula is C16H21N3OS. The van der Waals surface area contributed by atoms with Gasteiger partial charge in [-0.05, 0) is 30.7 Å². The monoisotopic (exact) mass is 303 g/mol. The van der Waals surface area contributed by atoms with Gasteiger partial charge >= 0.3 is 0 Å². The summed E-state index contributed by atoms with van der Waals surface area (Å²) in [7, 11) is 0. The lowest BCUT2D eigenvalue weighted by atomic mass is 10.1. The van der Waals surface area contributed by atoms with E-state index in [-0.39, 0.29) is 12.5 Å². The standard InChI is InChI=1S/C16H21N3OS/c1-2-21-15-9-5-8-14(13(15)10-17)19(11-16(18)20)12-6-3-4-7-12/h5,8-9,12H,2-4,6-7,11H2,1H3,(H2,18,20). The van der Waals surface area contributed by atoms with Gasteiger partial charge in [-0.2, -0.15) is 5.26 Å². The van der Waals surface area contributed by atoms with Gasteiger partial charge in [-0.3, -0.25) is 4.79 Å². The minimum atomic E-state index is -0.348. The number of nitrogens with two attached hydrogens (primary N) is 1. The quantitative estimate of drug-likeness (QED) is 0.820. The molecule has 0 unspecified atom stereocenters. The summed E-state index contributed by atoms with van der Waals surface area (Å²) < 4.78 is 0. The summed E-state index contributed by atoms with van der Waals surface area (Å²) in [6.07, 6.45) is 4.46. The molecule has 112 valence electrons. The van der Waals surface area contributed by atoms with Crippen molar-refractivity contribution in [1.29, 1.82) is 5.26 Å². The Labute approximate surface area is 130 Å². The van der Waals surface area contributed by atoms with Gasteiger partial charge in [-0.25, -0.2) is 0 Å². The number of hydrogen-bond donors (Lipinski definition) is 1. The molecule has 0 radical (unpaired) electrons. The van der Waals surface area contributed by atoms with Crippen LogP contribution in [0, 0.1) is 11.3 Å². The number of carbonyl (C=O) groups is 1. The molecule has 0 aromatic heterocycles. The maximum Gasteiger partial charge on any atom is 0.236 e. The Morgan fingerprint density at radius 3 is 2.76 bits per heavy atom. The molecule has 4 nitrogen and oxygen atoms in total. The summed E-state index contributed by atoms with van der Waals surface area (Å²) in [5, 5.41) is 9.55. The van der Waals surface area contributed by atoms with Crippen LogP contribution < -0.4 is 10.6 Å². The second-order valence-electron chi connectivity index (χ2n) is 5.23. The van der Waals surface area contributed by atoms with Gasteiger partial charge < -0.3 is 10.6 Å². The highest BCUT2D eigenvalue weighted by atomic mass is 32.2. The van der Waals surface area contributed by atoms with Crippen LogP contribution in [0.15, 0.2) is 23.1 Å². The molecule has 1 amide bonds. The molecule has 0 atom stereocenters. The van der Waals surface area contributed by atoms with Crippen molar-refractivity contribution in [3.8, 4) is 6.07 Å². The predicted molar refractivity (Wildman–Crippen MR) is 86.4 cm³/mol. The van der Waals surface area contributed by atoms with E-state index < -0.39 is 0 Å². The first-order valence-electron chi connectivity index (χ1n) is 7.38. The van der Waals surface area contributed by atoms with Crippen LogP contribution >= 0.6 is 11.8 Å². The van der Waals surface area contributed by atoms with Crippen molar-refractivity contribution < 1.29 is 4.79 Å². The molecule has 1 aliphatic rings. The molecule has 2 N–H and O–H groups in total. The smallest absolute Gasteiger partial charge is 0.236 e. The SMILES string of the molecule is CCSc1cccc(N(CC(N)=O)C2CCCC2)c1C#N. The minimum Gasteiger partial charge on any atom is -0.368 e. The average molecular weight is 303 g/mol. The summed E-state index contributed by atoms with van der Waals surface area (Å²) in [5.74, 6) is 0.566. The van der Waals surface area contributed by atoms with E-state index in [4.69, 9.17) is 5.73 Å². The van der Waals surface area contributed by atoms with Crippen molar-refractivity contribution in [3.63, 3.8) is 0 Å². The van der Waals surface area contributed by atoms with Crippen LogP contribution in [0.1, 0.15) is 38.2 Å². The number of carbonyl (C=O) groups excluding carboxylic acids is 1. The molecule has 5 heteroatoms. The summed E-state index contributed by atoms with van der Waals surface area (Å²) >= 11 is 1.65. The molecule has 0 spiro atoms. The molecule has 1 aliphatic carbocycles. The van der Waals surface area contributed by atoms with E-state index in [1.807, 2.05) is 23.1 Å². The van der Waals surface area contributed by atoms with Crippen molar-refractivity contribution in [2.75, 3.05) is 17.2 Å². The van der Waals surface area contributed by atoms with E-state index in [9.17, 15) is 10.1 Å². The average Bonchev–Trinajstić information content (AvgIpc) is 2.98. The highest BCUT2D eigenvalue weighted by Crippen LogP contribution is 2.34. The number of nitrogens with zero attached hydrogens (tertiary/aromatic N) is 2. The first-order chi connectivity index (χ1) is 10.2. The van der Waals surface area contributed by atoms with Gasteiger partial charge in [0.05, 0.1) is 17.8 Å². The van der Waals surface area contributed by atoms with Gasteiger partial charge in [-0.1, -0.05) is 25.8 Å². The zero-order chi connectivity index (χ0) is 15.2. The Balaban J connectivity index is 2.41. The summed E-state index contributed by atoms with van der Waals surface area (Å²) in [6.45, 7) is 2.25. The van der Waals surface area contributed by atoms with Crippen molar-refractivity contribution in [1.82, 2.24) is 0 Å². The van der Waals surface area contributed by atoms with Crippen molar-refractivity contribution in [2.24, 2.45) is 5.73 Å². The van der Waals surface area contributed by atoms with E-state index >= 15 is 0 Å². The molecule has 0 bridgehead atoms. The molecular weight excluding hydrogens is 282 g/mol. The van der Waals surface area contributed by atoms with E-state index in [1.165, 1.54) is 12.8 Å². The third-order valence-corrected chi connectivity index (χ3v) is 4.76. The number of thioether (sulfide) groups is 1. The van der Waals surface area contributed by atoms with Gasteiger partial charge in [0.1, 0.15) is 6.07 Å². The van der Waals surface area contributed by atoms with Crippen LogP contribution in [0.4, 0.5) is 5.69 Å². The number of anilines is 1. The normalized spacial score (nSPS) is 14.9. The van der Waals surface area contributed by atoms with E-state index in [0.29, 0.717) is 11.6 Å². The molecule has 0 aliphatic heterocycles. The van der Waals surface area contributed by atoms with Gasteiger partial charge in [0, 0.05) is 10.9 Å². The first-order valence-corrected chi connectivity index (χ1v) is 8.36. The van der Waals surface area contributed by atoms with Gasteiger partial charge in [0.2, 0.25) is 5.91 Å². The van der Waals surface area contributed by atoms with Crippen LogP contribution in [-0.2, 0) is 4.79 Å². The number of primary amides is 1. The van der Waals surface area contributed by atoms with Gasteiger partial charge in [0.25, 0.3) is 0 Å². The molecule has 1 saturated carbocycles. The lowest BCUT2D eigenvalue weighted by molar-refractivity contribution is -0.116. The van der Waals surface area contributed by atoms with Crippen molar-refractivity contribution in [2.45, 2.75) is 43.5 Å².